The van der Waals surface area contributed by atoms with E-state index >= 15 is 0 Å². The Morgan fingerprint density at radius 3 is 2.55 bits per heavy atom. The van der Waals surface area contributed by atoms with E-state index in [-0.39, 0.29) is 37.3 Å². The van der Waals surface area contributed by atoms with E-state index in [0.29, 0.717) is 36.3 Å². The van der Waals surface area contributed by atoms with Gasteiger partial charge in [0.05, 0.1) is 24.9 Å². The van der Waals surface area contributed by atoms with Crippen molar-refractivity contribution in [2.75, 3.05) is 20.8 Å². The van der Waals surface area contributed by atoms with Crippen molar-refractivity contribution in [1.29, 1.82) is 0 Å². The predicted molar refractivity (Wildman–Crippen MR) is 182 cm³/mol. The second kappa shape index (κ2) is 14.0. The number of carbonyl (C=O) groups excluding carboxylic acids is 3. The molecule has 3 aromatic rings. The molecule has 0 bridgehead atoms. The topological polar surface area (TPSA) is 107 Å². The molecule has 5 unspecified atom stereocenters. The Morgan fingerprint density at radius 2 is 1.89 bits per heavy atom. The van der Waals surface area contributed by atoms with Crippen LogP contribution in [0.3, 0.4) is 0 Å². The van der Waals surface area contributed by atoms with Crippen molar-refractivity contribution in [3.8, 4) is 22.8 Å². The summed E-state index contributed by atoms with van der Waals surface area (Å²) in [5, 5.41) is 3.78. The number of esters is 1. The smallest absolute Gasteiger partial charge is 0.332 e. The lowest BCUT2D eigenvalue weighted by Gasteiger charge is -2.35. The average molecular weight is 640 g/mol. The fourth-order valence-corrected chi connectivity index (χ4v) is 6.61. The number of allylic oxidation sites excluding steroid dienone is 1. The van der Waals surface area contributed by atoms with Crippen LogP contribution in [0.1, 0.15) is 52.4 Å². The summed E-state index contributed by atoms with van der Waals surface area (Å²) in [6, 6.07) is 17.2. The van der Waals surface area contributed by atoms with Gasteiger partial charge in [0.1, 0.15) is 28.6 Å². The summed E-state index contributed by atoms with van der Waals surface area (Å²) in [5.74, 6) is -0.275. The highest BCUT2D eigenvalue weighted by Gasteiger charge is 2.64. The van der Waals surface area contributed by atoms with Crippen LogP contribution in [0.5, 0.6) is 11.5 Å². The summed E-state index contributed by atoms with van der Waals surface area (Å²) in [6.07, 6.45) is 5.73. The summed E-state index contributed by atoms with van der Waals surface area (Å²) in [5.41, 5.74) is -0.299. The van der Waals surface area contributed by atoms with Gasteiger partial charge in [0, 0.05) is 48.5 Å². The molecular formula is C38H45N3O6. The van der Waals surface area contributed by atoms with Crippen LogP contribution in [-0.2, 0) is 19.1 Å². The number of ether oxygens (including phenoxy) is 3. The monoisotopic (exact) mass is 639 g/mol. The Morgan fingerprint density at radius 1 is 1.13 bits per heavy atom. The highest BCUT2D eigenvalue weighted by molar-refractivity contribution is 6.07. The average Bonchev–Trinajstić information content (AvgIpc) is 3.65. The quantitative estimate of drug-likeness (QED) is 0.126. The van der Waals surface area contributed by atoms with E-state index in [2.05, 4.69) is 18.5 Å². The van der Waals surface area contributed by atoms with Gasteiger partial charge in [-0.2, -0.15) is 0 Å². The number of rotatable bonds is 14. The van der Waals surface area contributed by atoms with Crippen molar-refractivity contribution in [2.45, 2.75) is 70.1 Å². The third-order valence-corrected chi connectivity index (χ3v) is 9.70. The molecule has 0 aliphatic heterocycles. The van der Waals surface area contributed by atoms with E-state index < -0.39 is 28.9 Å². The van der Waals surface area contributed by atoms with Gasteiger partial charge in [0.2, 0.25) is 11.8 Å². The van der Waals surface area contributed by atoms with Gasteiger partial charge in [0.15, 0.2) is 0 Å². The summed E-state index contributed by atoms with van der Waals surface area (Å²) in [4.78, 5) is 48.4. The molecule has 2 aromatic carbocycles. The number of hydrogen-bond acceptors (Lipinski definition) is 7. The minimum absolute atomic E-state index is 0.126. The van der Waals surface area contributed by atoms with Crippen LogP contribution in [0.4, 0.5) is 0 Å². The molecule has 47 heavy (non-hydrogen) atoms. The molecule has 0 spiro atoms. The molecular weight excluding hydrogens is 594 g/mol. The van der Waals surface area contributed by atoms with Crippen molar-refractivity contribution in [3.63, 3.8) is 0 Å². The number of amides is 2. The first-order valence-corrected chi connectivity index (χ1v) is 16.3. The molecule has 9 heteroatoms. The largest absolute Gasteiger partial charge is 0.497 e. The van der Waals surface area contributed by atoms with Gasteiger partial charge in [-0.3, -0.25) is 9.59 Å². The number of nitrogens with zero attached hydrogens (tertiary/aromatic N) is 2. The third kappa shape index (κ3) is 6.62. The molecule has 0 saturated heterocycles. The predicted octanol–water partition coefficient (Wildman–Crippen LogP) is 6.27. The molecule has 5 atom stereocenters. The second-order valence-electron chi connectivity index (χ2n) is 12.6. The van der Waals surface area contributed by atoms with Gasteiger partial charge < -0.3 is 24.4 Å². The normalized spacial score (nSPS) is 23.7. The van der Waals surface area contributed by atoms with Crippen molar-refractivity contribution < 1.29 is 28.6 Å². The molecule has 0 radical (unpaired) electrons. The van der Waals surface area contributed by atoms with Gasteiger partial charge in [-0.05, 0) is 58.1 Å². The van der Waals surface area contributed by atoms with E-state index in [4.69, 9.17) is 19.2 Å². The Labute approximate surface area is 277 Å². The molecule has 2 amide bonds. The first-order chi connectivity index (χ1) is 22.6. The highest BCUT2D eigenvalue weighted by Crippen LogP contribution is 2.49. The van der Waals surface area contributed by atoms with Crippen molar-refractivity contribution in [2.24, 2.45) is 11.3 Å². The molecule has 2 aliphatic rings. The molecule has 2 saturated carbocycles. The number of benzene rings is 2. The van der Waals surface area contributed by atoms with E-state index in [1.165, 1.54) is 0 Å². The van der Waals surface area contributed by atoms with Gasteiger partial charge in [-0.15, -0.1) is 13.2 Å². The minimum atomic E-state index is -1.44. The van der Waals surface area contributed by atoms with Crippen LogP contribution >= 0.6 is 0 Å². The standard InChI is InChI=1S/C38H45N3O6/c1-7-10-14-25(4)41(5)35(43)37(34(42)40-38(23-27(38)8-2)36(44)46-9-3)20-19-29(24-37)47-33-22-31(26-15-12-11-13-16-26)39-32-21-28(45-6)17-18-30(32)33/h7-8,11-13,15-18,21-22,25,27,29H,1-2,9-10,14,19-20,23-24H2,3-6H3,(H,40,42). The van der Waals surface area contributed by atoms with Crippen molar-refractivity contribution >= 4 is 28.7 Å². The fraction of sp³-hybridized carbons (Fsp3) is 0.421. The number of methoxy groups -OCH3 is 1. The van der Waals surface area contributed by atoms with E-state index in [1.807, 2.05) is 67.6 Å². The molecule has 5 rings (SSSR count). The van der Waals surface area contributed by atoms with E-state index in [0.717, 1.165) is 23.1 Å². The number of aromatic nitrogens is 1. The summed E-state index contributed by atoms with van der Waals surface area (Å²) in [7, 11) is 3.35. The van der Waals surface area contributed by atoms with Crippen LogP contribution in [-0.4, -0.2) is 66.1 Å². The SMILES string of the molecule is C=CCCC(C)N(C)C(=O)C1(C(=O)NC2(C(=O)OCC)CC2C=C)CCC(Oc2cc(-c3ccccc3)nc3cc(OC)ccc23)C1. The maximum atomic E-state index is 14.4. The Kier molecular flexibility index (Phi) is 10.0. The van der Waals surface area contributed by atoms with Crippen molar-refractivity contribution in [1.82, 2.24) is 15.2 Å². The van der Waals surface area contributed by atoms with Gasteiger partial charge in [-0.1, -0.05) is 42.5 Å². The summed E-state index contributed by atoms with van der Waals surface area (Å²) < 4.78 is 17.5. The number of fused-ring (bicyclic) bond motifs is 1. The van der Waals surface area contributed by atoms with Gasteiger partial charge in [-0.25, -0.2) is 9.78 Å². The number of hydrogen-bond donors (Lipinski definition) is 1. The lowest BCUT2D eigenvalue weighted by atomic mass is 9.82. The van der Waals surface area contributed by atoms with Gasteiger partial charge >= 0.3 is 5.97 Å². The number of carbonyl (C=O) groups is 3. The van der Waals surface area contributed by atoms with E-state index in [1.54, 1.807) is 32.1 Å². The Bertz CT molecular complexity index is 1660. The second-order valence-corrected chi connectivity index (χ2v) is 12.6. The molecule has 2 aliphatic carbocycles. The van der Waals surface area contributed by atoms with Crippen LogP contribution in [0.25, 0.3) is 22.2 Å². The van der Waals surface area contributed by atoms with E-state index in [9.17, 15) is 14.4 Å². The molecule has 9 nitrogen and oxygen atoms in total. The molecule has 1 heterocycles. The van der Waals surface area contributed by atoms with Crippen LogP contribution < -0.4 is 14.8 Å². The summed E-state index contributed by atoms with van der Waals surface area (Å²) >= 11 is 0. The lowest BCUT2D eigenvalue weighted by Crippen LogP contribution is -2.57. The highest BCUT2D eigenvalue weighted by atomic mass is 16.5. The Balaban J connectivity index is 1.49. The first kappa shape index (κ1) is 33.7. The molecule has 2 fully saturated rings. The summed E-state index contributed by atoms with van der Waals surface area (Å²) in [6.45, 7) is 11.5. The number of pyridine rings is 1. The zero-order valence-electron chi connectivity index (χ0n) is 27.8. The maximum Gasteiger partial charge on any atom is 0.332 e. The molecule has 1 N–H and O–H groups in total. The minimum Gasteiger partial charge on any atom is -0.497 e. The van der Waals surface area contributed by atoms with Crippen LogP contribution in [0, 0.1) is 11.3 Å². The van der Waals surface area contributed by atoms with Crippen LogP contribution in [0.15, 0.2) is 79.9 Å². The lowest BCUT2D eigenvalue weighted by molar-refractivity contribution is -0.156. The van der Waals surface area contributed by atoms with Crippen molar-refractivity contribution in [3.05, 3.63) is 79.9 Å². The van der Waals surface area contributed by atoms with Crippen LogP contribution in [0.2, 0.25) is 0 Å². The Hall–Kier alpha value is -4.66. The number of nitrogens with one attached hydrogen (secondary N) is 1. The fourth-order valence-electron chi connectivity index (χ4n) is 6.61. The third-order valence-electron chi connectivity index (χ3n) is 9.70. The zero-order valence-corrected chi connectivity index (χ0v) is 27.8. The zero-order chi connectivity index (χ0) is 33.8. The molecule has 1 aromatic heterocycles. The maximum absolute atomic E-state index is 14.4. The first-order valence-electron chi connectivity index (χ1n) is 16.3. The molecule has 248 valence electrons. The van der Waals surface area contributed by atoms with Gasteiger partial charge in [0.25, 0.3) is 0 Å².